The van der Waals surface area contributed by atoms with E-state index in [2.05, 4.69) is 5.32 Å². The van der Waals surface area contributed by atoms with Crippen molar-refractivity contribution in [3.05, 3.63) is 58.1 Å². The highest BCUT2D eigenvalue weighted by molar-refractivity contribution is 5.91. The second-order valence-corrected chi connectivity index (χ2v) is 6.10. The SMILES string of the molecule is CN1C(=O)OC(C)(C)c2cc(Nc3ccc([N+](=O)[O-])cc3)ccc21. The third-order valence-corrected chi connectivity index (χ3v) is 3.99. The van der Waals surface area contributed by atoms with Crippen LogP contribution in [0.4, 0.5) is 27.5 Å². The summed E-state index contributed by atoms with van der Waals surface area (Å²) in [5.74, 6) is 0. The Bertz CT molecular complexity index is 815. The number of amides is 1. The lowest BCUT2D eigenvalue weighted by Crippen LogP contribution is -2.41. The molecular weight excluding hydrogens is 310 g/mol. The van der Waals surface area contributed by atoms with Crippen molar-refractivity contribution in [1.29, 1.82) is 0 Å². The van der Waals surface area contributed by atoms with Gasteiger partial charge in [0.05, 0.1) is 10.6 Å². The highest BCUT2D eigenvalue weighted by atomic mass is 16.6. The zero-order chi connectivity index (χ0) is 17.5. The number of hydrogen-bond donors (Lipinski definition) is 1. The summed E-state index contributed by atoms with van der Waals surface area (Å²) in [5, 5.41) is 13.9. The normalized spacial score (nSPS) is 15.5. The van der Waals surface area contributed by atoms with E-state index in [1.807, 2.05) is 32.0 Å². The van der Waals surface area contributed by atoms with E-state index in [0.717, 1.165) is 22.6 Å². The number of nitrogens with one attached hydrogen (secondary N) is 1. The first-order valence-electron chi connectivity index (χ1n) is 7.40. The number of rotatable bonds is 3. The zero-order valence-corrected chi connectivity index (χ0v) is 13.6. The van der Waals surface area contributed by atoms with Gasteiger partial charge in [-0.25, -0.2) is 4.79 Å². The summed E-state index contributed by atoms with van der Waals surface area (Å²) in [6.07, 6.45) is -0.386. The number of ether oxygens (including phenoxy) is 1. The van der Waals surface area contributed by atoms with Gasteiger partial charge in [0.2, 0.25) is 0 Å². The number of benzene rings is 2. The molecule has 1 amide bonds. The average Bonchev–Trinajstić information content (AvgIpc) is 2.53. The molecule has 0 bridgehead atoms. The fourth-order valence-electron chi connectivity index (χ4n) is 2.66. The molecule has 7 heteroatoms. The van der Waals surface area contributed by atoms with E-state index in [-0.39, 0.29) is 11.8 Å². The van der Waals surface area contributed by atoms with Crippen molar-refractivity contribution in [2.24, 2.45) is 0 Å². The van der Waals surface area contributed by atoms with Gasteiger partial charge in [-0.15, -0.1) is 0 Å². The summed E-state index contributed by atoms with van der Waals surface area (Å²) >= 11 is 0. The molecule has 0 saturated heterocycles. The maximum absolute atomic E-state index is 11.9. The van der Waals surface area contributed by atoms with Crippen LogP contribution in [0.3, 0.4) is 0 Å². The number of cyclic esters (lactones) is 1. The monoisotopic (exact) mass is 327 g/mol. The zero-order valence-electron chi connectivity index (χ0n) is 13.6. The van der Waals surface area contributed by atoms with Gasteiger partial charge >= 0.3 is 6.09 Å². The summed E-state index contributed by atoms with van der Waals surface area (Å²) in [6.45, 7) is 3.68. The lowest BCUT2D eigenvalue weighted by molar-refractivity contribution is -0.384. The van der Waals surface area contributed by atoms with E-state index < -0.39 is 10.5 Å². The Hall–Kier alpha value is -3.09. The van der Waals surface area contributed by atoms with Crippen molar-refractivity contribution >= 4 is 28.8 Å². The lowest BCUT2D eigenvalue weighted by Gasteiger charge is -2.37. The quantitative estimate of drug-likeness (QED) is 0.676. The molecule has 0 unspecified atom stereocenters. The first-order valence-corrected chi connectivity index (χ1v) is 7.40. The number of nitrogens with zero attached hydrogens (tertiary/aromatic N) is 2. The maximum Gasteiger partial charge on any atom is 0.414 e. The van der Waals surface area contributed by atoms with Crippen molar-refractivity contribution in [1.82, 2.24) is 0 Å². The van der Waals surface area contributed by atoms with Crippen LogP contribution >= 0.6 is 0 Å². The molecule has 1 aliphatic heterocycles. The minimum absolute atomic E-state index is 0.0423. The molecule has 124 valence electrons. The predicted molar refractivity (Wildman–Crippen MR) is 90.7 cm³/mol. The first-order chi connectivity index (χ1) is 11.3. The largest absolute Gasteiger partial charge is 0.438 e. The van der Waals surface area contributed by atoms with E-state index in [9.17, 15) is 14.9 Å². The fourth-order valence-corrected chi connectivity index (χ4v) is 2.66. The van der Waals surface area contributed by atoms with Gasteiger partial charge in [0.1, 0.15) is 5.60 Å². The van der Waals surface area contributed by atoms with Gasteiger partial charge in [-0.2, -0.15) is 0 Å². The maximum atomic E-state index is 11.9. The molecule has 0 radical (unpaired) electrons. The smallest absolute Gasteiger partial charge is 0.414 e. The molecule has 0 atom stereocenters. The average molecular weight is 327 g/mol. The van der Waals surface area contributed by atoms with E-state index in [4.69, 9.17) is 4.74 Å². The number of nitro groups is 1. The van der Waals surface area contributed by atoms with Crippen LogP contribution in [0.25, 0.3) is 0 Å². The van der Waals surface area contributed by atoms with Gasteiger partial charge < -0.3 is 10.1 Å². The van der Waals surface area contributed by atoms with Crippen molar-refractivity contribution in [2.75, 3.05) is 17.3 Å². The van der Waals surface area contributed by atoms with Gasteiger partial charge in [0, 0.05) is 36.1 Å². The van der Waals surface area contributed by atoms with E-state index in [1.165, 1.54) is 17.0 Å². The fraction of sp³-hybridized carbons (Fsp3) is 0.235. The highest BCUT2D eigenvalue weighted by Crippen LogP contribution is 2.39. The molecule has 3 rings (SSSR count). The highest BCUT2D eigenvalue weighted by Gasteiger charge is 2.36. The van der Waals surface area contributed by atoms with Crippen LogP contribution < -0.4 is 10.2 Å². The molecule has 0 saturated carbocycles. The summed E-state index contributed by atoms with van der Waals surface area (Å²) < 4.78 is 5.44. The third kappa shape index (κ3) is 2.76. The van der Waals surface area contributed by atoms with E-state index >= 15 is 0 Å². The molecular formula is C17H17N3O4. The number of fused-ring (bicyclic) bond motifs is 1. The van der Waals surface area contributed by atoms with E-state index in [0.29, 0.717) is 0 Å². The Morgan fingerprint density at radius 1 is 1.12 bits per heavy atom. The number of non-ortho nitro benzene ring substituents is 1. The molecule has 1 aliphatic rings. The summed E-state index contributed by atoms with van der Waals surface area (Å²) in [5.41, 5.74) is 2.54. The number of nitro benzene ring substituents is 1. The molecule has 0 spiro atoms. The molecule has 0 aliphatic carbocycles. The third-order valence-electron chi connectivity index (χ3n) is 3.99. The molecule has 1 heterocycles. The summed E-state index contributed by atoms with van der Waals surface area (Å²) in [7, 11) is 1.67. The van der Waals surface area contributed by atoms with Crippen LogP contribution in [0.15, 0.2) is 42.5 Å². The first kappa shape index (κ1) is 15.8. The van der Waals surface area contributed by atoms with Crippen LogP contribution in [0.1, 0.15) is 19.4 Å². The molecule has 24 heavy (non-hydrogen) atoms. The molecule has 1 N–H and O–H groups in total. The molecule has 7 nitrogen and oxygen atoms in total. The van der Waals surface area contributed by atoms with Crippen LogP contribution in [-0.4, -0.2) is 18.1 Å². The van der Waals surface area contributed by atoms with Crippen molar-refractivity contribution in [3.8, 4) is 0 Å². The Kier molecular flexibility index (Phi) is 3.63. The minimum Gasteiger partial charge on any atom is -0.438 e. The van der Waals surface area contributed by atoms with E-state index in [1.54, 1.807) is 19.2 Å². The molecule has 2 aromatic rings. The van der Waals surface area contributed by atoms with Gasteiger partial charge in [0.15, 0.2) is 0 Å². The summed E-state index contributed by atoms with van der Waals surface area (Å²) in [6, 6.07) is 11.8. The second kappa shape index (κ2) is 5.52. The van der Waals surface area contributed by atoms with Crippen LogP contribution in [0, 0.1) is 10.1 Å². The second-order valence-electron chi connectivity index (χ2n) is 6.10. The minimum atomic E-state index is -0.730. The molecule has 0 aromatic heterocycles. The Morgan fingerprint density at radius 3 is 2.38 bits per heavy atom. The number of carbonyl (C=O) groups is 1. The summed E-state index contributed by atoms with van der Waals surface area (Å²) in [4.78, 5) is 23.6. The van der Waals surface area contributed by atoms with Gasteiger partial charge in [-0.3, -0.25) is 15.0 Å². The van der Waals surface area contributed by atoms with Crippen LogP contribution in [0.2, 0.25) is 0 Å². The van der Waals surface area contributed by atoms with Crippen molar-refractivity contribution in [3.63, 3.8) is 0 Å². The van der Waals surface area contributed by atoms with Gasteiger partial charge in [-0.05, 0) is 44.2 Å². The van der Waals surface area contributed by atoms with Gasteiger partial charge in [0.25, 0.3) is 5.69 Å². The lowest BCUT2D eigenvalue weighted by atomic mass is 9.93. The van der Waals surface area contributed by atoms with Crippen molar-refractivity contribution in [2.45, 2.75) is 19.4 Å². The Morgan fingerprint density at radius 2 is 1.75 bits per heavy atom. The Balaban J connectivity index is 1.91. The van der Waals surface area contributed by atoms with Crippen molar-refractivity contribution < 1.29 is 14.5 Å². The number of hydrogen-bond acceptors (Lipinski definition) is 5. The van der Waals surface area contributed by atoms with Crippen LogP contribution in [-0.2, 0) is 10.3 Å². The topological polar surface area (TPSA) is 84.7 Å². The molecule has 2 aromatic carbocycles. The Labute approximate surface area is 139 Å². The number of carbonyl (C=O) groups excluding carboxylic acids is 1. The standard InChI is InChI=1S/C17H17N3O4/c1-17(2)14-10-12(6-9-15(14)19(3)16(21)24-17)18-11-4-7-13(8-5-11)20(22)23/h4-10,18H,1-3H3. The molecule has 0 fully saturated rings. The number of anilines is 3. The predicted octanol–water partition coefficient (Wildman–Crippen LogP) is 4.16. The van der Waals surface area contributed by atoms with Crippen LogP contribution in [0.5, 0.6) is 0 Å². The van der Waals surface area contributed by atoms with Gasteiger partial charge in [-0.1, -0.05) is 0 Å².